The predicted molar refractivity (Wildman–Crippen MR) is 191 cm³/mol. The molecule has 0 aliphatic heterocycles. The molecule has 0 aliphatic carbocycles. The van der Waals surface area contributed by atoms with Crippen molar-refractivity contribution in [1.82, 2.24) is 0 Å². The first-order chi connectivity index (χ1) is 23.5. The van der Waals surface area contributed by atoms with Crippen molar-refractivity contribution in [1.29, 1.82) is 0 Å². The van der Waals surface area contributed by atoms with E-state index in [4.69, 9.17) is 9.47 Å². The van der Waals surface area contributed by atoms with Gasteiger partial charge in [0.25, 0.3) is 0 Å². The van der Waals surface area contributed by atoms with Gasteiger partial charge in [-0.1, -0.05) is 75.2 Å². The fourth-order valence-electron chi connectivity index (χ4n) is 5.48. The molecule has 0 aliphatic rings. The van der Waals surface area contributed by atoms with E-state index in [0.29, 0.717) is 33.8 Å². The van der Waals surface area contributed by atoms with E-state index >= 15 is 0 Å². The number of carbonyl (C=O) groups is 2. The minimum atomic E-state index is -1.90. The second-order valence-corrected chi connectivity index (χ2v) is 12.2. The minimum Gasteiger partial charge on any atom is -0.511 e. The highest BCUT2D eigenvalue weighted by Crippen LogP contribution is 2.35. The van der Waals surface area contributed by atoms with Crippen LogP contribution in [0.3, 0.4) is 0 Å². The Hall–Kier alpha value is -5.18. The Bertz CT molecular complexity index is 1680. The molecule has 0 heterocycles. The van der Waals surface area contributed by atoms with E-state index in [1.807, 2.05) is 38.1 Å². The van der Waals surface area contributed by atoms with Crippen LogP contribution in [-0.2, 0) is 12.8 Å². The number of aryl methyl sites for hydroxylation is 4. The van der Waals surface area contributed by atoms with E-state index in [9.17, 15) is 30.0 Å². The van der Waals surface area contributed by atoms with E-state index in [2.05, 4.69) is 13.8 Å². The molecule has 0 saturated heterocycles. The zero-order valence-electron chi connectivity index (χ0n) is 28.4. The Balaban J connectivity index is 1.45. The van der Waals surface area contributed by atoms with Gasteiger partial charge >= 0.3 is 11.9 Å². The Morgan fingerprint density at radius 1 is 0.612 bits per heavy atom. The van der Waals surface area contributed by atoms with Crippen LogP contribution in [0.1, 0.15) is 80.8 Å². The van der Waals surface area contributed by atoms with E-state index < -0.39 is 42.1 Å². The molecule has 4 rings (SSSR count). The van der Waals surface area contributed by atoms with Crippen LogP contribution in [0, 0.1) is 19.3 Å². The second kappa shape index (κ2) is 16.8. The molecule has 0 radical (unpaired) electrons. The summed E-state index contributed by atoms with van der Waals surface area (Å²) in [6.07, 6.45) is 6.49. The molecule has 0 saturated carbocycles. The molecule has 0 amide bonds. The van der Waals surface area contributed by atoms with Crippen molar-refractivity contribution in [2.24, 2.45) is 5.41 Å². The normalized spacial score (nSPS) is 12.1. The molecule has 8 nitrogen and oxygen atoms in total. The number of aliphatic hydroxyl groups is 4. The van der Waals surface area contributed by atoms with Gasteiger partial charge in [0.15, 0.2) is 0 Å². The lowest BCUT2D eigenvalue weighted by molar-refractivity contribution is 0.0486. The van der Waals surface area contributed by atoms with Gasteiger partial charge in [-0.25, -0.2) is 9.59 Å². The van der Waals surface area contributed by atoms with Crippen LogP contribution in [0.2, 0.25) is 0 Å². The molecule has 4 aromatic carbocycles. The smallest absolute Gasteiger partial charge is 0.343 e. The van der Waals surface area contributed by atoms with Crippen LogP contribution >= 0.6 is 0 Å². The van der Waals surface area contributed by atoms with Crippen molar-refractivity contribution in [2.45, 2.75) is 53.4 Å². The number of rotatable bonds is 14. The van der Waals surface area contributed by atoms with Crippen LogP contribution < -0.4 is 9.47 Å². The molecule has 256 valence electrons. The quantitative estimate of drug-likeness (QED) is 0.0604. The second-order valence-electron chi connectivity index (χ2n) is 12.2. The van der Waals surface area contributed by atoms with Crippen LogP contribution in [0.15, 0.2) is 96.4 Å². The molecule has 0 bridgehead atoms. The zero-order valence-corrected chi connectivity index (χ0v) is 28.4. The summed E-state index contributed by atoms with van der Waals surface area (Å²) in [4.78, 5) is 25.6. The Labute approximate surface area is 287 Å². The third kappa shape index (κ3) is 9.04. The summed E-state index contributed by atoms with van der Waals surface area (Å²) in [6.45, 7) is 6.33. The van der Waals surface area contributed by atoms with E-state index in [1.54, 1.807) is 60.7 Å². The monoisotopic (exact) mass is 664 g/mol. The first-order valence-corrected chi connectivity index (χ1v) is 16.4. The van der Waals surface area contributed by atoms with Gasteiger partial charge in [-0.3, -0.25) is 0 Å². The highest BCUT2D eigenvalue weighted by molar-refractivity contribution is 5.93. The number of aliphatic hydroxyl groups excluding tert-OH is 4. The van der Waals surface area contributed by atoms with Crippen molar-refractivity contribution < 1.29 is 39.5 Å². The molecule has 0 atom stereocenters. The molecule has 8 heteroatoms. The number of hydrogen-bond donors (Lipinski definition) is 4. The van der Waals surface area contributed by atoms with Crippen molar-refractivity contribution in [3.05, 3.63) is 141 Å². The standard InChI is InChI=1S/C41H44O8/c1-5-7-29-13-19-35(27(3)21-29)39(46)48-33-15-9-31(10-16-33)23-37(44)41(25-42,26-43)38(45)24-32-11-17-34(18-12-32)49-40(47)36-20-14-30(8-6-2)22-28(36)4/h9-24,42-45H,5-8,25-26H2,1-4H3. The van der Waals surface area contributed by atoms with Gasteiger partial charge in [-0.2, -0.15) is 0 Å². The average Bonchev–Trinajstić information content (AvgIpc) is 3.07. The number of benzene rings is 4. The Morgan fingerprint density at radius 3 is 1.29 bits per heavy atom. The van der Waals surface area contributed by atoms with Gasteiger partial charge in [0.05, 0.1) is 24.3 Å². The van der Waals surface area contributed by atoms with Gasteiger partial charge in [-0.15, -0.1) is 0 Å². The van der Waals surface area contributed by atoms with E-state index in [0.717, 1.165) is 47.9 Å². The molecule has 0 spiro atoms. The van der Waals surface area contributed by atoms with E-state index in [1.165, 1.54) is 12.2 Å². The largest absolute Gasteiger partial charge is 0.511 e. The highest BCUT2D eigenvalue weighted by atomic mass is 16.5. The Kier molecular flexibility index (Phi) is 12.5. The number of esters is 2. The first kappa shape index (κ1) is 36.7. The maximum atomic E-state index is 12.8. The fourth-order valence-corrected chi connectivity index (χ4v) is 5.48. The van der Waals surface area contributed by atoms with Crippen molar-refractivity contribution in [2.75, 3.05) is 13.2 Å². The zero-order chi connectivity index (χ0) is 35.6. The fraction of sp³-hybridized carbons (Fsp3) is 0.268. The molecule has 0 unspecified atom stereocenters. The lowest BCUT2D eigenvalue weighted by Gasteiger charge is -2.28. The van der Waals surface area contributed by atoms with Gasteiger partial charge < -0.3 is 29.9 Å². The average molecular weight is 665 g/mol. The van der Waals surface area contributed by atoms with Crippen LogP contribution in [0.4, 0.5) is 0 Å². The summed E-state index contributed by atoms with van der Waals surface area (Å²) >= 11 is 0. The number of hydrogen-bond acceptors (Lipinski definition) is 8. The van der Waals surface area contributed by atoms with Gasteiger partial charge in [0.2, 0.25) is 0 Å². The van der Waals surface area contributed by atoms with Crippen molar-refractivity contribution in [3.63, 3.8) is 0 Å². The number of carbonyl (C=O) groups excluding carboxylic acids is 2. The third-order valence-electron chi connectivity index (χ3n) is 8.41. The molecule has 4 aromatic rings. The SMILES string of the molecule is CCCc1ccc(C(=O)Oc2ccc(C=C(O)C(CO)(CO)C(O)=Cc3ccc(OC(=O)c4ccc(CCC)cc4C)cc3)cc2)c(C)c1. The summed E-state index contributed by atoms with van der Waals surface area (Å²) < 4.78 is 11.1. The number of ether oxygens (including phenoxy) is 2. The van der Waals surface area contributed by atoms with Crippen molar-refractivity contribution >= 4 is 24.1 Å². The first-order valence-electron chi connectivity index (χ1n) is 16.4. The molecular weight excluding hydrogens is 620 g/mol. The van der Waals surface area contributed by atoms with Crippen LogP contribution in [-0.4, -0.2) is 45.6 Å². The van der Waals surface area contributed by atoms with Gasteiger partial charge in [0, 0.05) is 0 Å². The topological polar surface area (TPSA) is 134 Å². The third-order valence-corrected chi connectivity index (χ3v) is 8.41. The summed E-state index contributed by atoms with van der Waals surface area (Å²) in [5.74, 6) is -1.34. The maximum Gasteiger partial charge on any atom is 0.343 e. The summed E-state index contributed by atoms with van der Waals surface area (Å²) in [5, 5.41) is 42.5. The van der Waals surface area contributed by atoms with Crippen molar-refractivity contribution in [3.8, 4) is 11.5 Å². The van der Waals surface area contributed by atoms with Gasteiger partial charge in [0.1, 0.15) is 28.4 Å². The Morgan fingerprint density at radius 2 is 0.980 bits per heavy atom. The van der Waals surface area contributed by atoms with Crippen LogP contribution in [0.5, 0.6) is 11.5 Å². The van der Waals surface area contributed by atoms with E-state index in [-0.39, 0.29) is 0 Å². The van der Waals surface area contributed by atoms with Crippen LogP contribution in [0.25, 0.3) is 12.2 Å². The predicted octanol–water partition coefficient (Wildman–Crippen LogP) is 8.12. The summed E-state index contributed by atoms with van der Waals surface area (Å²) in [5.41, 5.74) is 3.95. The lowest BCUT2D eigenvalue weighted by Crippen LogP contribution is -2.34. The molecule has 4 N–H and O–H groups in total. The maximum absolute atomic E-state index is 12.8. The summed E-state index contributed by atoms with van der Waals surface area (Å²) in [7, 11) is 0. The molecular formula is C41H44O8. The minimum absolute atomic E-state index is 0.297. The molecule has 49 heavy (non-hydrogen) atoms. The molecule has 0 aromatic heterocycles. The highest BCUT2D eigenvalue weighted by Gasteiger charge is 2.38. The summed E-state index contributed by atoms with van der Waals surface area (Å²) in [6, 6.07) is 24.0. The van der Waals surface area contributed by atoms with Gasteiger partial charge in [-0.05, 0) is 109 Å². The molecule has 0 fully saturated rings. The lowest BCUT2D eigenvalue weighted by atomic mass is 9.83.